The van der Waals surface area contributed by atoms with E-state index in [1.54, 1.807) is 0 Å². The van der Waals surface area contributed by atoms with Crippen molar-refractivity contribution < 1.29 is 16.8 Å². The monoisotopic (exact) mass is 338 g/mol. The number of nitrogens with two attached hydrogens (primary N) is 1. The second-order valence-corrected chi connectivity index (χ2v) is 9.13. The van der Waals surface area contributed by atoms with E-state index >= 15 is 0 Å². The van der Waals surface area contributed by atoms with Gasteiger partial charge in [-0.2, -0.15) is 0 Å². The van der Waals surface area contributed by atoms with Gasteiger partial charge >= 0.3 is 0 Å². The zero-order valence-corrected chi connectivity index (χ0v) is 12.9. The molecule has 0 radical (unpaired) electrons. The van der Waals surface area contributed by atoms with Gasteiger partial charge in [-0.1, -0.05) is 11.6 Å². The highest BCUT2D eigenvalue weighted by molar-refractivity contribution is 7.91. The largest absolute Gasteiger partial charge is 0.399 e. The molecule has 1 aromatic rings. The third-order valence-electron chi connectivity index (χ3n) is 3.12. The average Bonchev–Trinajstić information content (AvgIpc) is 2.31. The lowest BCUT2D eigenvalue weighted by Crippen LogP contribution is -2.40. The van der Waals surface area contributed by atoms with Crippen LogP contribution >= 0.6 is 11.6 Å². The lowest BCUT2D eigenvalue weighted by molar-refractivity contribution is 0.505. The second-order valence-electron chi connectivity index (χ2n) is 4.74. The lowest BCUT2D eigenvalue weighted by atomic mass is 10.2. The van der Waals surface area contributed by atoms with Crippen molar-refractivity contribution in [2.75, 3.05) is 17.2 Å². The number of hydrogen-bond donors (Lipinski definition) is 2. The molecule has 2 rings (SSSR count). The predicted molar refractivity (Wildman–Crippen MR) is 77.9 cm³/mol. The predicted octanol–water partition coefficient (Wildman–Crippen LogP) is 0.778. The van der Waals surface area contributed by atoms with Crippen molar-refractivity contribution in [1.29, 1.82) is 0 Å². The fraction of sp³-hybridized carbons (Fsp3) is 0.455. The van der Waals surface area contributed by atoms with Crippen molar-refractivity contribution in [3.8, 4) is 0 Å². The molecule has 6 nitrogen and oxygen atoms in total. The van der Waals surface area contributed by atoms with E-state index in [2.05, 4.69) is 4.72 Å². The molecule has 9 heteroatoms. The van der Waals surface area contributed by atoms with Crippen LogP contribution in [-0.2, 0) is 19.9 Å². The number of nitrogens with one attached hydrogen (secondary N) is 1. The Hall–Kier alpha value is -0.830. The number of nitrogen functional groups attached to an aromatic ring is 1. The van der Waals surface area contributed by atoms with Gasteiger partial charge in [-0.25, -0.2) is 21.6 Å². The minimum Gasteiger partial charge on any atom is -0.399 e. The van der Waals surface area contributed by atoms with Crippen LogP contribution < -0.4 is 10.5 Å². The molecule has 0 atom stereocenters. The molecule has 0 aliphatic carbocycles. The Morgan fingerprint density at radius 1 is 1.25 bits per heavy atom. The molecule has 0 spiro atoms. The number of rotatable bonds is 3. The van der Waals surface area contributed by atoms with E-state index < -0.39 is 25.9 Å². The van der Waals surface area contributed by atoms with Crippen molar-refractivity contribution >= 4 is 37.1 Å². The fourth-order valence-corrected chi connectivity index (χ4v) is 5.38. The van der Waals surface area contributed by atoms with Crippen LogP contribution in [0.2, 0.25) is 5.02 Å². The lowest BCUT2D eigenvalue weighted by Gasteiger charge is -2.23. The zero-order chi connectivity index (χ0) is 15.0. The summed E-state index contributed by atoms with van der Waals surface area (Å²) in [5.41, 5.74) is 5.89. The molecule has 0 bridgehead atoms. The van der Waals surface area contributed by atoms with E-state index in [1.807, 2.05) is 0 Å². The topological polar surface area (TPSA) is 106 Å². The van der Waals surface area contributed by atoms with Gasteiger partial charge in [0, 0.05) is 11.7 Å². The van der Waals surface area contributed by atoms with Crippen molar-refractivity contribution in [2.45, 2.75) is 23.8 Å². The number of hydrogen-bond acceptors (Lipinski definition) is 5. The molecular formula is C11H15ClN2O4S2. The molecule has 112 valence electrons. The molecule has 1 aliphatic heterocycles. The molecule has 1 aromatic carbocycles. The summed E-state index contributed by atoms with van der Waals surface area (Å²) >= 11 is 5.88. The molecule has 0 aromatic heterocycles. The molecule has 20 heavy (non-hydrogen) atoms. The van der Waals surface area contributed by atoms with Crippen molar-refractivity contribution in [2.24, 2.45) is 0 Å². The van der Waals surface area contributed by atoms with Crippen LogP contribution in [-0.4, -0.2) is 34.4 Å². The van der Waals surface area contributed by atoms with Crippen LogP contribution in [0.5, 0.6) is 0 Å². The van der Waals surface area contributed by atoms with Crippen molar-refractivity contribution in [3.05, 3.63) is 23.2 Å². The van der Waals surface area contributed by atoms with Gasteiger partial charge in [-0.3, -0.25) is 0 Å². The van der Waals surface area contributed by atoms with Crippen LogP contribution in [0.3, 0.4) is 0 Å². The van der Waals surface area contributed by atoms with Crippen molar-refractivity contribution in [1.82, 2.24) is 4.72 Å². The minimum absolute atomic E-state index is 0.00431. The SMILES string of the molecule is Nc1ccc(S(=O)(=O)NC2CCS(=O)(=O)CC2)c(Cl)c1. The van der Waals surface area contributed by atoms with Crippen LogP contribution in [0.25, 0.3) is 0 Å². The number of sulfone groups is 1. The minimum atomic E-state index is -3.78. The summed E-state index contributed by atoms with van der Waals surface area (Å²) in [6.07, 6.45) is 0.544. The van der Waals surface area contributed by atoms with E-state index in [9.17, 15) is 16.8 Å². The summed E-state index contributed by atoms with van der Waals surface area (Å²) in [5.74, 6) is -0.00862. The summed E-state index contributed by atoms with van der Waals surface area (Å²) in [4.78, 5) is -0.0539. The Bertz CT molecular complexity index is 702. The Kier molecular flexibility index (Phi) is 4.29. The maximum Gasteiger partial charge on any atom is 0.242 e. The summed E-state index contributed by atoms with van der Waals surface area (Å²) in [5, 5.41) is 0.0425. The first-order valence-electron chi connectivity index (χ1n) is 5.97. The van der Waals surface area contributed by atoms with E-state index in [-0.39, 0.29) is 34.3 Å². The number of benzene rings is 1. The fourth-order valence-electron chi connectivity index (χ4n) is 2.03. The van der Waals surface area contributed by atoms with E-state index in [4.69, 9.17) is 17.3 Å². The summed E-state index contributed by atoms with van der Waals surface area (Å²) < 4.78 is 49.5. The number of sulfonamides is 1. The summed E-state index contributed by atoms with van der Waals surface area (Å²) in [6.45, 7) is 0. The van der Waals surface area contributed by atoms with Gasteiger partial charge in [0.05, 0.1) is 16.5 Å². The Morgan fingerprint density at radius 3 is 2.40 bits per heavy atom. The summed E-state index contributed by atoms with van der Waals surface area (Å²) in [7, 11) is -6.80. The third kappa shape index (κ3) is 3.63. The first-order chi connectivity index (χ1) is 9.20. The molecule has 1 heterocycles. The van der Waals surface area contributed by atoms with Crippen LogP contribution in [0, 0.1) is 0 Å². The Morgan fingerprint density at radius 2 is 1.85 bits per heavy atom. The first kappa shape index (κ1) is 15.6. The highest BCUT2D eigenvalue weighted by Gasteiger charge is 2.28. The van der Waals surface area contributed by atoms with Crippen LogP contribution in [0.15, 0.2) is 23.1 Å². The van der Waals surface area contributed by atoms with Gasteiger partial charge in [0.2, 0.25) is 10.0 Å². The smallest absolute Gasteiger partial charge is 0.242 e. The van der Waals surface area contributed by atoms with Crippen molar-refractivity contribution in [3.63, 3.8) is 0 Å². The molecular weight excluding hydrogens is 324 g/mol. The van der Waals surface area contributed by atoms with Gasteiger partial charge in [0.1, 0.15) is 14.7 Å². The van der Waals surface area contributed by atoms with E-state index in [1.165, 1.54) is 18.2 Å². The normalized spacial score (nSPS) is 19.9. The standard InChI is InChI=1S/C11H15ClN2O4S2/c12-10-7-8(13)1-2-11(10)20(17,18)14-9-3-5-19(15,16)6-4-9/h1-2,7,9,14H,3-6,13H2. The maximum atomic E-state index is 12.2. The maximum absolute atomic E-state index is 12.2. The Labute approximate surface area is 123 Å². The highest BCUT2D eigenvalue weighted by atomic mass is 35.5. The van der Waals surface area contributed by atoms with Crippen LogP contribution in [0.1, 0.15) is 12.8 Å². The van der Waals surface area contributed by atoms with Gasteiger partial charge in [-0.15, -0.1) is 0 Å². The van der Waals surface area contributed by atoms with E-state index in [0.29, 0.717) is 5.69 Å². The van der Waals surface area contributed by atoms with E-state index in [0.717, 1.165) is 0 Å². The third-order valence-corrected chi connectivity index (χ3v) is 6.84. The molecule has 1 saturated heterocycles. The summed E-state index contributed by atoms with van der Waals surface area (Å²) in [6, 6.07) is 3.75. The molecule has 0 unspecified atom stereocenters. The average molecular weight is 339 g/mol. The van der Waals surface area contributed by atoms with Gasteiger partial charge in [0.15, 0.2) is 0 Å². The number of halogens is 1. The van der Waals surface area contributed by atoms with Crippen LogP contribution in [0.4, 0.5) is 5.69 Å². The first-order valence-corrected chi connectivity index (χ1v) is 9.66. The van der Waals surface area contributed by atoms with Gasteiger partial charge < -0.3 is 5.73 Å². The molecule has 3 N–H and O–H groups in total. The second kappa shape index (κ2) is 5.51. The van der Waals surface area contributed by atoms with Gasteiger partial charge in [0.25, 0.3) is 0 Å². The number of anilines is 1. The molecule has 0 saturated carbocycles. The molecule has 1 aliphatic rings. The highest BCUT2D eigenvalue weighted by Crippen LogP contribution is 2.24. The quantitative estimate of drug-likeness (QED) is 0.792. The molecule has 1 fully saturated rings. The zero-order valence-electron chi connectivity index (χ0n) is 10.5. The Balaban J connectivity index is 2.16. The van der Waals surface area contributed by atoms with Gasteiger partial charge in [-0.05, 0) is 31.0 Å². The molecule has 0 amide bonds.